The standard InChI is InChI=1S/C11H15Br2NOS/c1-16-4-2-3-15-11-9(12)5-8(7-14)6-10(11)13/h5-6H,2-4,7,14H2,1H3. The summed E-state index contributed by atoms with van der Waals surface area (Å²) in [6.45, 7) is 1.27. The van der Waals surface area contributed by atoms with Gasteiger partial charge in [-0.25, -0.2) is 0 Å². The van der Waals surface area contributed by atoms with Gasteiger partial charge in [0.2, 0.25) is 0 Å². The third-order valence-corrected chi connectivity index (χ3v) is 3.91. The Hall–Kier alpha value is 0.290. The smallest absolute Gasteiger partial charge is 0.147 e. The van der Waals surface area contributed by atoms with Crippen LogP contribution in [0.25, 0.3) is 0 Å². The molecule has 0 spiro atoms. The Morgan fingerprint density at radius 1 is 1.31 bits per heavy atom. The van der Waals surface area contributed by atoms with E-state index in [9.17, 15) is 0 Å². The van der Waals surface area contributed by atoms with Crippen LogP contribution in [0.3, 0.4) is 0 Å². The van der Waals surface area contributed by atoms with E-state index in [0.29, 0.717) is 6.54 Å². The van der Waals surface area contributed by atoms with Crippen molar-refractivity contribution in [3.05, 3.63) is 26.6 Å². The predicted octanol–water partition coefficient (Wildman–Crippen LogP) is 3.80. The van der Waals surface area contributed by atoms with Crippen LogP contribution in [0.15, 0.2) is 21.1 Å². The van der Waals surface area contributed by atoms with Crippen molar-refractivity contribution in [3.63, 3.8) is 0 Å². The lowest BCUT2D eigenvalue weighted by Gasteiger charge is -2.11. The molecule has 2 N–H and O–H groups in total. The normalized spacial score (nSPS) is 10.5. The van der Waals surface area contributed by atoms with Gasteiger partial charge in [-0.2, -0.15) is 11.8 Å². The lowest BCUT2D eigenvalue weighted by atomic mass is 10.2. The Morgan fingerprint density at radius 3 is 2.44 bits per heavy atom. The Morgan fingerprint density at radius 2 is 1.94 bits per heavy atom. The molecule has 1 aromatic rings. The molecule has 0 radical (unpaired) electrons. The Labute approximate surface area is 118 Å². The van der Waals surface area contributed by atoms with Gasteiger partial charge in [-0.1, -0.05) is 0 Å². The van der Waals surface area contributed by atoms with E-state index >= 15 is 0 Å². The van der Waals surface area contributed by atoms with Gasteiger partial charge in [0.25, 0.3) is 0 Å². The van der Waals surface area contributed by atoms with Crippen LogP contribution in [0.5, 0.6) is 5.75 Å². The van der Waals surface area contributed by atoms with Gasteiger partial charge < -0.3 is 10.5 Å². The third-order valence-electron chi connectivity index (χ3n) is 2.03. The zero-order chi connectivity index (χ0) is 12.0. The van der Waals surface area contributed by atoms with Crippen molar-refractivity contribution in [1.82, 2.24) is 0 Å². The summed E-state index contributed by atoms with van der Waals surface area (Å²) in [5.74, 6) is 1.98. The van der Waals surface area contributed by atoms with Gasteiger partial charge in [-0.15, -0.1) is 0 Å². The number of thioether (sulfide) groups is 1. The van der Waals surface area contributed by atoms with E-state index in [4.69, 9.17) is 10.5 Å². The first kappa shape index (κ1) is 14.4. The highest BCUT2D eigenvalue weighted by Gasteiger charge is 2.08. The molecule has 0 aliphatic rings. The molecule has 0 unspecified atom stereocenters. The number of ether oxygens (including phenoxy) is 1. The van der Waals surface area contributed by atoms with Crippen molar-refractivity contribution in [1.29, 1.82) is 0 Å². The molecule has 0 aliphatic heterocycles. The van der Waals surface area contributed by atoms with Gasteiger partial charge in [0, 0.05) is 6.54 Å². The van der Waals surface area contributed by atoms with Crippen molar-refractivity contribution in [2.24, 2.45) is 5.73 Å². The van der Waals surface area contributed by atoms with E-state index in [1.54, 1.807) is 0 Å². The van der Waals surface area contributed by atoms with Gasteiger partial charge in [-0.05, 0) is 68.0 Å². The molecule has 0 aliphatic carbocycles. The molecule has 0 atom stereocenters. The largest absolute Gasteiger partial charge is 0.491 e. The molecule has 2 nitrogen and oxygen atoms in total. The summed E-state index contributed by atoms with van der Waals surface area (Å²) in [4.78, 5) is 0. The van der Waals surface area contributed by atoms with Gasteiger partial charge in [-0.3, -0.25) is 0 Å². The molecule has 0 fully saturated rings. The lowest BCUT2D eigenvalue weighted by molar-refractivity contribution is 0.314. The molecule has 0 heterocycles. The van der Waals surface area contributed by atoms with Crippen LogP contribution in [-0.4, -0.2) is 18.6 Å². The second-order valence-electron chi connectivity index (χ2n) is 3.29. The zero-order valence-corrected chi connectivity index (χ0v) is 13.1. The van der Waals surface area contributed by atoms with Gasteiger partial charge >= 0.3 is 0 Å². The summed E-state index contributed by atoms with van der Waals surface area (Å²) in [5.41, 5.74) is 6.67. The van der Waals surface area contributed by atoms with Crippen molar-refractivity contribution in [3.8, 4) is 5.75 Å². The van der Waals surface area contributed by atoms with Crippen LogP contribution in [0, 0.1) is 0 Å². The van der Waals surface area contributed by atoms with E-state index < -0.39 is 0 Å². The van der Waals surface area contributed by atoms with Gasteiger partial charge in [0.1, 0.15) is 5.75 Å². The van der Waals surface area contributed by atoms with Crippen LogP contribution < -0.4 is 10.5 Å². The average Bonchev–Trinajstić information content (AvgIpc) is 2.26. The first-order chi connectivity index (χ1) is 7.69. The molecule has 90 valence electrons. The molecule has 0 bridgehead atoms. The number of rotatable bonds is 6. The van der Waals surface area contributed by atoms with E-state index in [1.807, 2.05) is 23.9 Å². The van der Waals surface area contributed by atoms with Crippen molar-refractivity contribution in [2.75, 3.05) is 18.6 Å². The summed E-state index contributed by atoms with van der Waals surface area (Å²) in [5, 5.41) is 0. The topological polar surface area (TPSA) is 35.2 Å². The number of benzene rings is 1. The molecule has 5 heteroatoms. The molecule has 0 saturated carbocycles. The maximum atomic E-state index is 5.72. The highest BCUT2D eigenvalue weighted by molar-refractivity contribution is 9.11. The Bertz CT molecular complexity index is 324. The fraction of sp³-hybridized carbons (Fsp3) is 0.455. The number of halogens is 2. The molecule has 0 aromatic heterocycles. The summed E-state index contributed by atoms with van der Waals surface area (Å²) in [7, 11) is 0. The zero-order valence-electron chi connectivity index (χ0n) is 9.13. The Balaban J connectivity index is 2.65. The number of hydrogen-bond donors (Lipinski definition) is 1. The van der Waals surface area contributed by atoms with Crippen molar-refractivity contribution in [2.45, 2.75) is 13.0 Å². The second-order valence-corrected chi connectivity index (χ2v) is 5.98. The Kier molecular flexibility index (Phi) is 6.80. The summed E-state index contributed by atoms with van der Waals surface area (Å²) >= 11 is 8.82. The number of hydrogen-bond acceptors (Lipinski definition) is 3. The second kappa shape index (κ2) is 7.58. The quantitative estimate of drug-likeness (QED) is 0.775. The average molecular weight is 369 g/mol. The first-order valence-corrected chi connectivity index (χ1v) is 7.96. The van der Waals surface area contributed by atoms with Crippen molar-refractivity contribution < 1.29 is 4.74 Å². The van der Waals surface area contributed by atoms with Crippen molar-refractivity contribution >= 4 is 43.6 Å². The van der Waals surface area contributed by atoms with E-state index in [-0.39, 0.29) is 0 Å². The highest BCUT2D eigenvalue weighted by Crippen LogP contribution is 2.34. The maximum Gasteiger partial charge on any atom is 0.147 e. The minimum atomic E-state index is 0.532. The number of nitrogens with two attached hydrogens (primary N) is 1. The molecule has 1 rings (SSSR count). The van der Waals surface area contributed by atoms with Crippen LogP contribution in [-0.2, 0) is 6.54 Å². The van der Waals surface area contributed by atoms with Crippen LogP contribution >= 0.6 is 43.6 Å². The van der Waals surface area contributed by atoms with Crippen LogP contribution in [0.2, 0.25) is 0 Å². The van der Waals surface area contributed by atoms with Gasteiger partial charge in [0.05, 0.1) is 15.6 Å². The summed E-state index contributed by atoms with van der Waals surface area (Å²) in [6.07, 6.45) is 3.15. The summed E-state index contributed by atoms with van der Waals surface area (Å²) < 4.78 is 7.62. The fourth-order valence-electron chi connectivity index (χ4n) is 1.25. The third kappa shape index (κ3) is 4.28. The minimum absolute atomic E-state index is 0.532. The molecular formula is C11H15Br2NOS. The van der Waals surface area contributed by atoms with E-state index in [1.165, 1.54) is 0 Å². The molecular weight excluding hydrogens is 354 g/mol. The summed E-state index contributed by atoms with van der Waals surface area (Å²) in [6, 6.07) is 3.99. The minimum Gasteiger partial charge on any atom is -0.491 e. The first-order valence-electron chi connectivity index (χ1n) is 4.98. The maximum absolute atomic E-state index is 5.72. The molecule has 1 aromatic carbocycles. The van der Waals surface area contributed by atoms with E-state index in [0.717, 1.165) is 39.0 Å². The predicted molar refractivity (Wildman–Crippen MR) is 78.2 cm³/mol. The fourth-order valence-corrected chi connectivity index (χ4v) is 3.16. The molecule has 0 saturated heterocycles. The lowest BCUT2D eigenvalue weighted by Crippen LogP contribution is -2.02. The monoisotopic (exact) mass is 367 g/mol. The van der Waals surface area contributed by atoms with E-state index in [2.05, 4.69) is 38.1 Å². The van der Waals surface area contributed by atoms with Crippen LogP contribution in [0.1, 0.15) is 12.0 Å². The highest BCUT2D eigenvalue weighted by atomic mass is 79.9. The molecule has 0 amide bonds. The SMILES string of the molecule is CSCCCOc1c(Br)cc(CN)cc1Br. The van der Waals surface area contributed by atoms with Crippen LogP contribution in [0.4, 0.5) is 0 Å². The van der Waals surface area contributed by atoms with Gasteiger partial charge in [0.15, 0.2) is 0 Å². The molecule has 16 heavy (non-hydrogen) atoms.